The highest BCUT2D eigenvalue weighted by Crippen LogP contribution is 2.31. The Kier molecular flexibility index (Phi) is 9.19. The van der Waals surface area contributed by atoms with Gasteiger partial charge in [0, 0.05) is 28.8 Å². The average molecular weight is 563 g/mol. The van der Waals surface area contributed by atoms with Crippen molar-refractivity contribution in [2.24, 2.45) is 10.9 Å². The van der Waals surface area contributed by atoms with E-state index >= 15 is 0 Å². The van der Waals surface area contributed by atoms with Crippen LogP contribution in [-0.2, 0) is 16.7 Å². The van der Waals surface area contributed by atoms with E-state index in [0.29, 0.717) is 11.3 Å². The molecule has 1 atom stereocenters. The third kappa shape index (κ3) is 7.71. The van der Waals surface area contributed by atoms with Gasteiger partial charge < -0.3 is 9.52 Å². The molecule has 10 heteroatoms. The summed E-state index contributed by atoms with van der Waals surface area (Å²) in [6, 6.07) is 22.4. The molecule has 0 radical (unpaired) electrons. The highest BCUT2D eigenvalue weighted by atomic mass is 32.2. The molecule has 0 aliphatic carbocycles. The van der Waals surface area contributed by atoms with E-state index < -0.39 is 29.5 Å². The quantitative estimate of drug-likeness (QED) is 0.192. The number of carbonyl (C=O) groups excluding carboxylic acids is 1. The number of aromatic nitrogens is 1. The first-order chi connectivity index (χ1) is 19.2. The van der Waals surface area contributed by atoms with Crippen LogP contribution < -0.4 is 0 Å². The predicted molar refractivity (Wildman–Crippen MR) is 146 cm³/mol. The lowest BCUT2D eigenvalue weighted by atomic mass is 10.1. The number of hydrogen-bond acceptors (Lipinski definition) is 5. The molecule has 202 valence electrons. The monoisotopic (exact) mass is 562 g/mol. The zero-order valence-electron chi connectivity index (χ0n) is 20.8. The van der Waals surface area contributed by atoms with E-state index in [9.17, 15) is 27.9 Å². The fraction of sp³-hybridized carbons (Fsp3) is 0.133. The number of rotatable bonds is 8. The number of oxazole rings is 1. The molecule has 1 amide bonds. The van der Waals surface area contributed by atoms with E-state index in [4.69, 9.17) is 4.42 Å². The number of benzene rings is 3. The van der Waals surface area contributed by atoms with E-state index in [0.717, 1.165) is 23.9 Å². The van der Waals surface area contributed by atoms with Gasteiger partial charge in [-0.1, -0.05) is 54.5 Å². The molecule has 40 heavy (non-hydrogen) atoms. The van der Waals surface area contributed by atoms with Crippen LogP contribution in [0.2, 0.25) is 0 Å². The molecular weight excluding hydrogens is 541 g/mol. The van der Waals surface area contributed by atoms with E-state index in [2.05, 4.69) is 21.8 Å². The molecule has 1 unspecified atom stereocenters. The molecule has 4 rings (SSSR count). The molecule has 0 aliphatic rings. The lowest BCUT2D eigenvalue weighted by molar-refractivity contribution is -0.139. The van der Waals surface area contributed by atoms with Crippen LogP contribution in [-0.4, -0.2) is 33.9 Å². The van der Waals surface area contributed by atoms with Crippen molar-refractivity contribution >= 4 is 29.9 Å². The minimum Gasteiger partial charge on any atom is -0.481 e. The topological polar surface area (TPSA) is 92.8 Å². The summed E-state index contributed by atoms with van der Waals surface area (Å²) in [5.74, 6) is 2.98. The Labute approximate surface area is 232 Å². The second-order valence-corrected chi connectivity index (χ2v) is 9.45. The number of aliphatic imine (C=N–C) groups is 1. The average Bonchev–Trinajstić information content (AvgIpc) is 3.38. The molecule has 1 N–H and O–H groups in total. The number of nitrogens with zero attached hydrogens (tertiary/aromatic N) is 2. The number of thioether (sulfide) groups is 1. The molecule has 0 fully saturated rings. The zero-order chi connectivity index (χ0) is 28.5. The molecule has 1 heterocycles. The van der Waals surface area contributed by atoms with Crippen LogP contribution >= 0.6 is 11.8 Å². The van der Waals surface area contributed by atoms with Crippen molar-refractivity contribution in [3.63, 3.8) is 0 Å². The Bertz CT molecular complexity index is 1560. The van der Waals surface area contributed by atoms with Crippen LogP contribution in [0, 0.1) is 17.8 Å². The second-order valence-electron chi connectivity index (χ2n) is 8.42. The van der Waals surface area contributed by atoms with Gasteiger partial charge in [-0.15, -0.1) is 0 Å². The third-order valence-electron chi connectivity index (χ3n) is 5.48. The zero-order valence-corrected chi connectivity index (χ0v) is 21.6. The summed E-state index contributed by atoms with van der Waals surface area (Å²) >= 11 is 1.38. The van der Waals surface area contributed by atoms with Gasteiger partial charge in [0.15, 0.2) is 5.69 Å². The van der Waals surface area contributed by atoms with Crippen molar-refractivity contribution in [1.29, 1.82) is 0 Å². The number of alkyl halides is 3. The van der Waals surface area contributed by atoms with Crippen LogP contribution in [0.1, 0.15) is 32.9 Å². The van der Waals surface area contributed by atoms with E-state index in [1.165, 1.54) is 23.9 Å². The maximum absolute atomic E-state index is 13.0. The van der Waals surface area contributed by atoms with Gasteiger partial charge in [0.1, 0.15) is 5.92 Å². The number of hydrogen-bond donors (Lipinski definition) is 1. The van der Waals surface area contributed by atoms with Crippen LogP contribution in [0.3, 0.4) is 0 Å². The summed E-state index contributed by atoms with van der Waals surface area (Å²) < 4.78 is 44.6. The highest BCUT2D eigenvalue weighted by Gasteiger charge is 2.30. The van der Waals surface area contributed by atoms with Crippen LogP contribution in [0.4, 0.5) is 13.2 Å². The molecular formula is C30H21F3N2O4S. The minimum atomic E-state index is -4.52. The maximum atomic E-state index is 13.0. The number of carboxylic acid groups (broad SMARTS) is 1. The summed E-state index contributed by atoms with van der Waals surface area (Å²) in [7, 11) is 0. The smallest absolute Gasteiger partial charge is 0.416 e. The highest BCUT2D eigenvalue weighted by molar-refractivity contribution is 7.98. The molecule has 0 spiro atoms. The maximum Gasteiger partial charge on any atom is 0.416 e. The molecule has 1 aromatic heterocycles. The fourth-order valence-corrected chi connectivity index (χ4v) is 4.43. The van der Waals surface area contributed by atoms with Crippen molar-refractivity contribution in [2.75, 3.05) is 5.75 Å². The van der Waals surface area contributed by atoms with Crippen molar-refractivity contribution in [1.82, 2.24) is 4.98 Å². The molecule has 0 saturated heterocycles. The molecule has 6 nitrogen and oxygen atoms in total. The summed E-state index contributed by atoms with van der Waals surface area (Å²) in [4.78, 5) is 32.7. The standard InChI is InChI=1S/C30H21F3N2O4S/c31-30(32,33)24-14-12-22(13-15-24)28-35-26(25(39-28)16-11-20-7-3-1-4-8-20)27(36)34-17-23(29(37)38)19-40-18-21-9-5-2-6-10-21/h1-10,12-15,17,23H,18-19H2,(H,37,38). The first kappa shape index (κ1) is 28.4. The Morgan fingerprint density at radius 3 is 2.25 bits per heavy atom. The number of amides is 1. The van der Waals surface area contributed by atoms with Gasteiger partial charge in [-0.25, -0.2) is 9.98 Å². The fourth-order valence-electron chi connectivity index (χ4n) is 3.40. The second kappa shape index (κ2) is 13.0. The van der Waals surface area contributed by atoms with Crippen LogP contribution in [0.5, 0.6) is 0 Å². The lowest BCUT2D eigenvalue weighted by Crippen LogP contribution is -2.18. The summed E-state index contributed by atoms with van der Waals surface area (Å²) in [5.41, 5.74) is 0.718. The Balaban J connectivity index is 1.58. The number of aliphatic carboxylic acids is 1. The van der Waals surface area contributed by atoms with Gasteiger partial charge in [-0.3, -0.25) is 9.59 Å². The SMILES string of the molecule is O=C(N=CC(CSCc1ccccc1)C(=O)O)c1nc(-c2ccc(C(F)(F)F)cc2)oc1C#Cc1ccccc1. The van der Waals surface area contributed by atoms with Gasteiger partial charge in [0.2, 0.25) is 11.7 Å². The number of halogens is 3. The van der Waals surface area contributed by atoms with Crippen molar-refractivity contribution < 1.29 is 32.3 Å². The van der Waals surface area contributed by atoms with E-state index in [1.807, 2.05) is 36.4 Å². The van der Waals surface area contributed by atoms with E-state index in [1.54, 1.807) is 24.3 Å². The summed E-state index contributed by atoms with van der Waals surface area (Å²) in [6.45, 7) is 0. The number of carboxylic acids is 1. The number of carbonyl (C=O) groups is 2. The lowest BCUT2D eigenvalue weighted by Gasteiger charge is -2.06. The first-order valence-electron chi connectivity index (χ1n) is 11.9. The minimum absolute atomic E-state index is 0.127. The molecule has 0 aliphatic heterocycles. The Hall–Kier alpha value is -4.62. The molecule has 0 bridgehead atoms. The third-order valence-corrected chi connectivity index (χ3v) is 6.61. The first-order valence-corrected chi connectivity index (χ1v) is 13.0. The summed E-state index contributed by atoms with van der Waals surface area (Å²) in [5, 5.41) is 9.60. The van der Waals surface area contributed by atoms with Gasteiger partial charge in [0.25, 0.3) is 5.91 Å². The van der Waals surface area contributed by atoms with Crippen molar-refractivity contribution in [3.05, 3.63) is 113 Å². The van der Waals surface area contributed by atoms with Gasteiger partial charge in [0.05, 0.1) is 5.56 Å². The van der Waals surface area contributed by atoms with Crippen molar-refractivity contribution in [3.8, 4) is 23.3 Å². The largest absolute Gasteiger partial charge is 0.481 e. The molecule has 3 aromatic carbocycles. The Morgan fingerprint density at radius 1 is 0.975 bits per heavy atom. The van der Waals surface area contributed by atoms with E-state index in [-0.39, 0.29) is 28.7 Å². The van der Waals surface area contributed by atoms with Crippen molar-refractivity contribution in [2.45, 2.75) is 11.9 Å². The normalized spacial score (nSPS) is 12.1. The van der Waals surface area contributed by atoms with Gasteiger partial charge in [-0.05, 0) is 47.9 Å². The van der Waals surface area contributed by atoms with Gasteiger partial charge in [-0.2, -0.15) is 24.9 Å². The summed E-state index contributed by atoms with van der Waals surface area (Å²) in [6.07, 6.45) is -3.47. The van der Waals surface area contributed by atoms with Crippen LogP contribution in [0.15, 0.2) is 94.3 Å². The van der Waals surface area contributed by atoms with Crippen LogP contribution in [0.25, 0.3) is 11.5 Å². The van der Waals surface area contributed by atoms with Gasteiger partial charge >= 0.3 is 12.1 Å². The molecule has 4 aromatic rings. The molecule has 0 saturated carbocycles. The Morgan fingerprint density at radius 2 is 1.62 bits per heavy atom. The predicted octanol–water partition coefficient (Wildman–Crippen LogP) is 6.61.